The maximum atomic E-state index is 5.36. The second kappa shape index (κ2) is 7.58. The molecule has 0 aliphatic carbocycles. The molecule has 2 rings (SSSR count). The van der Waals surface area contributed by atoms with Gasteiger partial charge in [-0.2, -0.15) is 0 Å². The van der Waals surface area contributed by atoms with Gasteiger partial charge in [0.25, 0.3) is 0 Å². The molecule has 1 heterocycles. The number of methoxy groups -OCH3 is 1. The zero-order valence-corrected chi connectivity index (χ0v) is 12.4. The number of ether oxygens (including phenoxy) is 3. The molecular formula is C16H18N2O3. The van der Waals surface area contributed by atoms with E-state index in [0.29, 0.717) is 18.9 Å². The van der Waals surface area contributed by atoms with Crippen LogP contribution in [0.15, 0.2) is 24.4 Å². The van der Waals surface area contributed by atoms with Crippen molar-refractivity contribution in [1.29, 1.82) is 0 Å². The molecule has 0 aliphatic heterocycles. The molecular weight excluding hydrogens is 268 g/mol. The van der Waals surface area contributed by atoms with Crippen LogP contribution in [0.1, 0.15) is 19.5 Å². The number of hydrogen-bond donors (Lipinski definition) is 0. The fourth-order valence-electron chi connectivity index (χ4n) is 1.74. The summed E-state index contributed by atoms with van der Waals surface area (Å²) in [4.78, 5) is 8.77. The first-order valence-corrected chi connectivity index (χ1v) is 6.82. The Labute approximate surface area is 124 Å². The van der Waals surface area contributed by atoms with Crippen LogP contribution in [-0.2, 0) is 9.47 Å². The van der Waals surface area contributed by atoms with Gasteiger partial charge in [0.15, 0.2) is 0 Å². The molecule has 0 amide bonds. The van der Waals surface area contributed by atoms with Crippen molar-refractivity contribution in [2.45, 2.75) is 20.1 Å². The smallest absolute Gasteiger partial charge is 0.222 e. The molecule has 2 aromatic rings. The Morgan fingerprint density at radius 1 is 1.14 bits per heavy atom. The Morgan fingerprint density at radius 2 is 1.90 bits per heavy atom. The van der Waals surface area contributed by atoms with Crippen molar-refractivity contribution in [1.82, 2.24) is 9.97 Å². The third-order valence-corrected chi connectivity index (χ3v) is 2.70. The van der Waals surface area contributed by atoms with Crippen molar-refractivity contribution in [2.75, 3.05) is 20.3 Å². The minimum Gasteiger partial charge on any atom is -0.497 e. The molecule has 0 aliphatic rings. The van der Waals surface area contributed by atoms with Gasteiger partial charge < -0.3 is 14.2 Å². The maximum Gasteiger partial charge on any atom is 0.222 e. The van der Waals surface area contributed by atoms with Crippen LogP contribution in [-0.4, -0.2) is 36.6 Å². The highest BCUT2D eigenvalue weighted by Crippen LogP contribution is 2.17. The van der Waals surface area contributed by atoms with Gasteiger partial charge in [-0.1, -0.05) is 0 Å². The van der Waals surface area contributed by atoms with Crippen LogP contribution in [0.25, 0.3) is 11.0 Å². The lowest BCUT2D eigenvalue weighted by molar-refractivity contribution is -0.0969. The van der Waals surface area contributed by atoms with E-state index in [1.807, 2.05) is 32.0 Å². The van der Waals surface area contributed by atoms with Crippen LogP contribution in [0, 0.1) is 11.8 Å². The van der Waals surface area contributed by atoms with E-state index in [4.69, 9.17) is 14.2 Å². The summed E-state index contributed by atoms with van der Waals surface area (Å²) in [6, 6.07) is 5.54. The average molecular weight is 286 g/mol. The molecule has 0 saturated carbocycles. The van der Waals surface area contributed by atoms with E-state index < -0.39 is 6.29 Å². The standard InChI is InChI=1S/C16H18N2O3/c1-4-20-16(21-5-2)9-6-12-11-17-15-10-13(19-3)7-8-14(15)18-12/h7-8,10-11,16H,4-5H2,1-3H3. The fourth-order valence-corrected chi connectivity index (χ4v) is 1.74. The molecule has 0 spiro atoms. The lowest BCUT2D eigenvalue weighted by Gasteiger charge is -2.09. The van der Waals surface area contributed by atoms with E-state index in [1.165, 1.54) is 0 Å². The molecule has 5 heteroatoms. The Bertz CT molecular complexity index is 655. The highest BCUT2D eigenvalue weighted by molar-refractivity contribution is 5.76. The Kier molecular flexibility index (Phi) is 5.50. The van der Waals surface area contributed by atoms with Gasteiger partial charge in [0.1, 0.15) is 11.4 Å². The number of rotatable bonds is 5. The van der Waals surface area contributed by atoms with Crippen molar-refractivity contribution < 1.29 is 14.2 Å². The average Bonchev–Trinajstić information content (AvgIpc) is 2.52. The van der Waals surface area contributed by atoms with Crippen LogP contribution in [0.3, 0.4) is 0 Å². The van der Waals surface area contributed by atoms with Crippen molar-refractivity contribution in [2.24, 2.45) is 0 Å². The normalized spacial score (nSPS) is 10.5. The molecule has 0 saturated heterocycles. The van der Waals surface area contributed by atoms with Crippen molar-refractivity contribution in [3.8, 4) is 17.6 Å². The van der Waals surface area contributed by atoms with Gasteiger partial charge in [0.2, 0.25) is 6.29 Å². The molecule has 1 aromatic heterocycles. The van der Waals surface area contributed by atoms with Gasteiger partial charge in [-0.25, -0.2) is 4.98 Å². The molecule has 0 N–H and O–H groups in total. The van der Waals surface area contributed by atoms with E-state index in [1.54, 1.807) is 13.3 Å². The van der Waals surface area contributed by atoms with Crippen molar-refractivity contribution >= 4 is 11.0 Å². The van der Waals surface area contributed by atoms with E-state index in [9.17, 15) is 0 Å². The summed E-state index contributed by atoms with van der Waals surface area (Å²) in [7, 11) is 1.62. The monoisotopic (exact) mass is 286 g/mol. The van der Waals surface area contributed by atoms with Crippen LogP contribution < -0.4 is 4.74 Å². The highest BCUT2D eigenvalue weighted by Gasteiger charge is 2.03. The maximum absolute atomic E-state index is 5.36. The van der Waals surface area contributed by atoms with Crippen molar-refractivity contribution in [3.63, 3.8) is 0 Å². The molecule has 110 valence electrons. The summed E-state index contributed by atoms with van der Waals surface area (Å²) in [6.45, 7) is 4.89. The minimum atomic E-state index is -0.534. The zero-order chi connectivity index (χ0) is 15.1. The lowest BCUT2D eigenvalue weighted by atomic mass is 10.2. The molecule has 0 atom stereocenters. The third kappa shape index (κ3) is 4.15. The summed E-state index contributed by atoms with van der Waals surface area (Å²) in [5, 5.41) is 0. The van der Waals surface area contributed by atoms with E-state index in [2.05, 4.69) is 21.8 Å². The second-order valence-electron chi connectivity index (χ2n) is 4.12. The first kappa shape index (κ1) is 15.2. The number of aromatic nitrogens is 2. The van der Waals surface area contributed by atoms with Crippen LogP contribution >= 0.6 is 0 Å². The topological polar surface area (TPSA) is 53.5 Å². The van der Waals surface area contributed by atoms with Gasteiger partial charge in [0, 0.05) is 19.3 Å². The Balaban J connectivity index is 2.23. The molecule has 0 fully saturated rings. The van der Waals surface area contributed by atoms with Crippen molar-refractivity contribution in [3.05, 3.63) is 30.1 Å². The molecule has 0 unspecified atom stereocenters. The fraction of sp³-hybridized carbons (Fsp3) is 0.375. The summed E-state index contributed by atoms with van der Waals surface area (Å²) >= 11 is 0. The largest absolute Gasteiger partial charge is 0.497 e. The molecule has 1 aromatic carbocycles. The second-order valence-corrected chi connectivity index (χ2v) is 4.12. The number of fused-ring (bicyclic) bond motifs is 1. The predicted molar refractivity (Wildman–Crippen MR) is 80.0 cm³/mol. The molecule has 0 radical (unpaired) electrons. The van der Waals surface area contributed by atoms with Gasteiger partial charge in [-0.15, -0.1) is 0 Å². The zero-order valence-electron chi connectivity index (χ0n) is 12.4. The number of hydrogen-bond acceptors (Lipinski definition) is 5. The molecule has 21 heavy (non-hydrogen) atoms. The van der Waals surface area contributed by atoms with Gasteiger partial charge in [0.05, 0.1) is 24.3 Å². The van der Waals surface area contributed by atoms with E-state index in [-0.39, 0.29) is 0 Å². The van der Waals surface area contributed by atoms with Crippen LogP contribution in [0.5, 0.6) is 5.75 Å². The molecule has 5 nitrogen and oxygen atoms in total. The predicted octanol–water partition coefficient (Wildman–Crippen LogP) is 2.39. The Hall–Kier alpha value is -2.16. The third-order valence-electron chi connectivity index (χ3n) is 2.70. The van der Waals surface area contributed by atoms with E-state index in [0.717, 1.165) is 16.8 Å². The summed E-state index contributed by atoms with van der Waals surface area (Å²) in [6.07, 6.45) is 1.09. The van der Waals surface area contributed by atoms with Crippen LogP contribution in [0.2, 0.25) is 0 Å². The first-order chi connectivity index (χ1) is 10.3. The highest BCUT2D eigenvalue weighted by atomic mass is 16.7. The Morgan fingerprint density at radius 3 is 2.57 bits per heavy atom. The number of benzene rings is 1. The lowest BCUT2D eigenvalue weighted by Crippen LogP contribution is -2.14. The molecule has 0 bridgehead atoms. The first-order valence-electron chi connectivity index (χ1n) is 6.82. The van der Waals surface area contributed by atoms with Gasteiger partial charge >= 0.3 is 0 Å². The summed E-state index contributed by atoms with van der Waals surface area (Å²) in [5.74, 6) is 6.59. The van der Waals surface area contributed by atoms with Gasteiger partial charge in [-0.3, -0.25) is 4.98 Å². The SMILES string of the molecule is CCOC(C#Cc1cnc2cc(OC)ccc2n1)OCC. The summed E-state index contributed by atoms with van der Waals surface area (Å²) in [5.41, 5.74) is 2.12. The van der Waals surface area contributed by atoms with Crippen LogP contribution in [0.4, 0.5) is 0 Å². The summed E-state index contributed by atoms with van der Waals surface area (Å²) < 4.78 is 15.9. The number of nitrogens with zero attached hydrogens (tertiary/aromatic N) is 2. The minimum absolute atomic E-state index is 0.534. The quantitative estimate of drug-likeness (QED) is 0.624. The van der Waals surface area contributed by atoms with Gasteiger partial charge in [-0.05, 0) is 37.8 Å². The van der Waals surface area contributed by atoms with E-state index >= 15 is 0 Å².